The second-order valence-electron chi connectivity index (χ2n) is 4.28. The highest BCUT2D eigenvalue weighted by Crippen LogP contribution is 2.15. The molecule has 0 saturated carbocycles. The first kappa shape index (κ1) is 15.3. The number of nitrogens with one attached hydrogen (secondary N) is 2. The summed E-state index contributed by atoms with van der Waals surface area (Å²) in [6.45, 7) is -0.113. The SMILES string of the molecule is COc1ccc(S(=O)(=O)NCCN2C(=O)CNC2=O)cc1. The Morgan fingerprint density at radius 3 is 2.48 bits per heavy atom. The normalized spacial score (nSPS) is 15.2. The average molecular weight is 313 g/mol. The van der Waals surface area contributed by atoms with Crippen molar-refractivity contribution >= 4 is 22.0 Å². The second kappa shape index (κ2) is 6.10. The van der Waals surface area contributed by atoms with Gasteiger partial charge in [-0.1, -0.05) is 0 Å². The summed E-state index contributed by atoms with van der Waals surface area (Å²) in [5, 5.41) is 2.36. The van der Waals surface area contributed by atoms with Crippen molar-refractivity contribution in [2.75, 3.05) is 26.7 Å². The van der Waals surface area contributed by atoms with E-state index in [1.54, 1.807) is 0 Å². The first-order chi connectivity index (χ1) is 9.94. The summed E-state index contributed by atoms with van der Waals surface area (Å²) in [4.78, 5) is 23.7. The Morgan fingerprint density at radius 2 is 1.95 bits per heavy atom. The van der Waals surface area contributed by atoms with Gasteiger partial charge in [-0.2, -0.15) is 0 Å². The van der Waals surface area contributed by atoms with E-state index in [1.807, 2.05) is 0 Å². The molecule has 9 heteroatoms. The van der Waals surface area contributed by atoms with Crippen molar-refractivity contribution in [3.05, 3.63) is 24.3 Å². The highest BCUT2D eigenvalue weighted by Gasteiger charge is 2.28. The molecular formula is C12H15N3O5S. The summed E-state index contributed by atoms with van der Waals surface area (Å²) in [5.41, 5.74) is 0. The van der Waals surface area contributed by atoms with E-state index < -0.39 is 16.1 Å². The maximum Gasteiger partial charge on any atom is 0.324 e. The third-order valence-electron chi connectivity index (χ3n) is 2.93. The number of imide groups is 1. The summed E-state index contributed by atoms with van der Waals surface area (Å²) >= 11 is 0. The van der Waals surface area contributed by atoms with Gasteiger partial charge >= 0.3 is 6.03 Å². The minimum Gasteiger partial charge on any atom is -0.497 e. The molecule has 1 aliphatic heterocycles. The van der Waals surface area contributed by atoms with Crippen LogP contribution in [0.4, 0.5) is 4.79 Å². The van der Waals surface area contributed by atoms with Crippen molar-refractivity contribution in [3.63, 3.8) is 0 Å². The Balaban J connectivity index is 1.94. The number of nitrogens with zero attached hydrogens (tertiary/aromatic N) is 1. The van der Waals surface area contributed by atoms with Crippen LogP contribution in [0.15, 0.2) is 29.2 Å². The molecule has 8 nitrogen and oxygen atoms in total. The predicted octanol–water partition coefficient (Wildman–Crippen LogP) is -0.475. The van der Waals surface area contributed by atoms with Gasteiger partial charge in [0.1, 0.15) is 5.75 Å². The van der Waals surface area contributed by atoms with Crippen molar-refractivity contribution in [1.82, 2.24) is 14.9 Å². The van der Waals surface area contributed by atoms with E-state index in [1.165, 1.54) is 31.4 Å². The Bertz CT molecular complexity index is 625. The molecule has 21 heavy (non-hydrogen) atoms. The molecule has 0 bridgehead atoms. The third kappa shape index (κ3) is 3.50. The minimum absolute atomic E-state index is 0.0138. The first-order valence-corrected chi connectivity index (χ1v) is 7.64. The third-order valence-corrected chi connectivity index (χ3v) is 4.41. The van der Waals surface area contributed by atoms with Crippen LogP contribution in [0.3, 0.4) is 0 Å². The molecule has 0 atom stereocenters. The quantitative estimate of drug-likeness (QED) is 0.691. The number of methoxy groups -OCH3 is 1. The van der Waals surface area contributed by atoms with E-state index in [4.69, 9.17) is 4.74 Å². The first-order valence-electron chi connectivity index (χ1n) is 6.16. The predicted molar refractivity (Wildman–Crippen MR) is 73.3 cm³/mol. The lowest BCUT2D eigenvalue weighted by Gasteiger charge is -2.13. The number of ether oxygens (including phenoxy) is 1. The van der Waals surface area contributed by atoms with Crippen LogP contribution in [0.5, 0.6) is 5.75 Å². The molecule has 1 aromatic carbocycles. The lowest BCUT2D eigenvalue weighted by Crippen LogP contribution is -2.38. The standard InChI is InChI=1S/C12H15N3O5S/c1-20-9-2-4-10(5-3-9)21(18,19)14-6-7-15-11(16)8-13-12(15)17/h2-5,14H,6-8H2,1H3,(H,13,17). The minimum atomic E-state index is -3.69. The maximum absolute atomic E-state index is 12.0. The van der Waals surface area contributed by atoms with E-state index in [-0.39, 0.29) is 30.4 Å². The van der Waals surface area contributed by atoms with Gasteiger partial charge in [-0.25, -0.2) is 17.9 Å². The molecule has 2 N–H and O–H groups in total. The molecule has 1 heterocycles. The number of hydrogen-bond donors (Lipinski definition) is 2. The lowest BCUT2D eigenvalue weighted by atomic mass is 10.3. The fraction of sp³-hybridized carbons (Fsp3) is 0.333. The van der Waals surface area contributed by atoms with Crippen molar-refractivity contribution in [3.8, 4) is 5.75 Å². The fourth-order valence-electron chi connectivity index (χ4n) is 1.81. The van der Waals surface area contributed by atoms with E-state index in [2.05, 4.69) is 10.0 Å². The van der Waals surface area contributed by atoms with Gasteiger partial charge in [-0.15, -0.1) is 0 Å². The summed E-state index contributed by atoms with van der Waals surface area (Å²) in [5.74, 6) is 0.178. The zero-order valence-corrected chi connectivity index (χ0v) is 12.1. The summed E-state index contributed by atoms with van der Waals surface area (Å²) < 4.78 is 31.3. The van der Waals surface area contributed by atoms with E-state index in [9.17, 15) is 18.0 Å². The highest BCUT2D eigenvalue weighted by atomic mass is 32.2. The summed E-state index contributed by atoms with van der Waals surface area (Å²) in [7, 11) is -2.20. The molecule has 2 rings (SSSR count). The molecule has 1 saturated heterocycles. The maximum atomic E-state index is 12.0. The summed E-state index contributed by atoms with van der Waals surface area (Å²) in [6, 6.07) is 5.38. The number of benzene rings is 1. The second-order valence-corrected chi connectivity index (χ2v) is 6.04. The Hall–Kier alpha value is -2.13. The molecular weight excluding hydrogens is 298 g/mol. The average Bonchev–Trinajstić information content (AvgIpc) is 2.79. The molecule has 114 valence electrons. The monoisotopic (exact) mass is 313 g/mol. The number of rotatable bonds is 6. The lowest BCUT2D eigenvalue weighted by molar-refractivity contribution is -0.124. The molecule has 0 radical (unpaired) electrons. The largest absolute Gasteiger partial charge is 0.497 e. The van der Waals surface area contributed by atoms with Crippen LogP contribution >= 0.6 is 0 Å². The van der Waals surface area contributed by atoms with Gasteiger partial charge < -0.3 is 10.1 Å². The smallest absolute Gasteiger partial charge is 0.324 e. The van der Waals surface area contributed by atoms with Gasteiger partial charge in [0.15, 0.2) is 0 Å². The molecule has 0 aliphatic carbocycles. The highest BCUT2D eigenvalue weighted by molar-refractivity contribution is 7.89. The molecule has 0 aromatic heterocycles. The van der Waals surface area contributed by atoms with Crippen LogP contribution in [-0.4, -0.2) is 52.0 Å². The zero-order valence-electron chi connectivity index (χ0n) is 11.3. The van der Waals surface area contributed by atoms with E-state index >= 15 is 0 Å². The van der Waals surface area contributed by atoms with Crippen LogP contribution in [0, 0.1) is 0 Å². The van der Waals surface area contributed by atoms with Gasteiger partial charge in [-0.3, -0.25) is 9.69 Å². The van der Waals surface area contributed by atoms with Gasteiger partial charge in [0, 0.05) is 13.1 Å². The van der Waals surface area contributed by atoms with Crippen LogP contribution in [0.2, 0.25) is 0 Å². The van der Waals surface area contributed by atoms with Crippen LogP contribution in [-0.2, 0) is 14.8 Å². The van der Waals surface area contributed by atoms with Crippen molar-refractivity contribution in [2.24, 2.45) is 0 Å². The molecule has 1 aromatic rings. The zero-order chi connectivity index (χ0) is 15.5. The number of urea groups is 1. The number of sulfonamides is 1. The topological polar surface area (TPSA) is 105 Å². The van der Waals surface area contributed by atoms with Crippen LogP contribution in [0.1, 0.15) is 0 Å². The molecule has 0 unspecified atom stereocenters. The van der Waals surface area contributed by atoms with Crippen LogP contribution in [0.25, 0.3) is 0 Å². The van der Waals surface area contributed by atoms with Gasteiger partial charge in [0.2, 0.25) is 15.9 Å². The van der Waals surface area contributed by atoms with Gasteiger partial charge in [-0.05, 0) is 24.3 Å². The molecule has 3 amide bonds. The molecule has 1 fully saturated rings. The van der Waals surface area contributed by atoms with Crippen molar-refractivity contribution in [1.29, 1.82) is 0 Å². The van der Waals surface area contributed by atoms with E-state index in [0.29, 0.717) is 5.75 Å². The molecule has 0 spiro atoms. The number of hydrogen-bond acceptors (Lipinski definition) is 5. The number of amides is 3. The molecule has 1 aliphatic rings. The van der Waals surface area contributed by atoms with Gasteiger partial charge in [0.05, 0.1) is 18.6 Å². The number of carbonyl (C=O) groups is 2. The van der Waals surface area contributed by atoms with Crippen LogP contribution < -0.4 is 14.8 Å². The summed E-state index contributed by atoms with van der Waals surface area (Å²) in [6.07, 6.45) is 0. The Morgan fingerprint density at radius 1 is 1.29 bits per heavy atom. The Labute approximate surface area is 122 Å². The number of carbonyl (C=O) groups excluding carboxylic acids is 2. The van der Waals surface area contributed by atoms with Crippen molar-refractivity contribution in [2.45, 2.75) is 4.90 Å². The van der Waals surface area contributed by atoms with Gasteiger partial charge in [0.25, 0.3) is 0 Å². The van der Waals surface area contributed by atoms with E-state index in [0.717, 1.165) is 4.90 Å². The fourth-order valence-corrected chi connectivity index (χ4v) is 2.83. The van der Waals surface area contributed by atoms with Crippen molar-refractivity contribution < 1.29 is 22.7 Å². The Kier molecular flexibility index (Phi) is 4.43.